The Kier molecular flexibility index (Phi) is 3.77. The number of hydrogen-bond donors (Lipinski definition) is 0. The number of rotatable bonds is 3. The Morgan fingerprint density at radius 1 is 1.39 bits per heavy atom. The second-order valence-corrected chi connectivity index (χ2v) is 4.06. The highest BCUT2D eigenvalue weighted by atomic mass is 16.5. The molecule has 1 fully saturated rings. The zero-order valence-electron chi connectivity index (χ0n) is 10.3. The van der Waals surface area contributed by atoms with Gasteiger partial charge in [-0.25, -0.2) is 0 Å². The molecule has 0 saturated carbocycles. The first-order valence-corrected chi connectivity index (χ1v) is 5.88. The Morgan fingerprint density at radius 3 is 2.83 bits per heavy atom. The highest BCUT2D eigenvalue weighted by Crippen LogP contribution is 2.19. The monoisotopic (exact) mass is 245 g/mol. The van der Waals surface area contributed by atoms with E-state index >= 15 is 0 Å². The Bertz CT molecular complexity index is 494. The van der Waals surface area contributed by atoms with Crippen LogP contribution in [0.5, 0.6) is 5.75 Å². The third-order valence-electron chi connectivity index (χ3n) is 2.88. The van der Waals surface area contributed by atoms with Crippen LogP contribution >= 0.6 is 0 Å². The number of carbonyl (C=O) groups excluding carboxylic acids is 2. The molecule has 4 nitrogen and oxygen atoms in total. The molecule has 0 bridgehead atoms. The van der Waals surface area contributed by atoms with E-state index in [2.05, 4.69) is 0 Å². The van der Waals surface area contributed by atoms with Gasteiger partial charge in [-0.05, 0) is 18.6 Å². The highest BCUT2D eigenvalue weighted by Gasteiger charge is 2.24. The van der Waals surface area contributed by atoms with E-state index in [4.69, 9.17) is 4.74 Å². The molecule has 0 radical (unpaired) electrons. The maximum absolute atomic E-state index is 11.8. The lowest BCUT2D eigenvalue weighted by molar-refractivity contribution is -0.138. The quantitative estimate of drug-likeness (QED) is 0.763. The number of amides is 2. The second-order valence-electron chi connectivity index (χ2n) is 4.06. The summed E-state index contributed by atoms with van der Waals surface area (Å²) in [5, 5.41) is 0. The van der Waals surface area contributed by atoms with Gasteiger partial charge in [0.2, 0.25) is 5.91 Å². The number of para-hydroxylation sites is 1. The van der Waals surface area contributed by atoms with Gasteiger partial charge < -0.3 is 4.74 Å². The van der Waals surface area contributed by atoms with E-state index in [1.165, 1.54) is 11.0 Å². The SMILES string of the molecule is COc1ccccc1/C=C/C(=O)N1CCCC1=O. The van der Waals surface area contributed by atoms with Crippen molar-refractivity contribution in [2.24, 2.45) is 0 Å². The molecule has 1 aromatic rings. The maximum Gasteiger partial charge on any atom is 0.253 e. The summed E-state index contributed by atoms with van der Waals surface area (Å²) in [7, 11) is 1.58. The molecule has 1 aliphatic heterocycles. The molecule has 0 N–H and O–H groups in total. The molecule has 4 heteroatoms. The number of hydrogen-bond acceptors (Lipinski definition) is 3. The molecular formula is C14H15NO3. The zero-order chi connectivity index (χ0) is 13.0. The normalized spacial score (nSPS) is 15.4. The number of benzene rings is 1. The Balaban J connectivity index is 2.10. The third kappa shape index (κ3) is 2.59. The smallest absolute Gasteiger partial charge is 0.253 e. The summed E-state index contributed by atoms with van der Waals surface area (Å²) in [6.07, 6.45) is 4.31. The fourth-order valence-electron chi connectivity index (χ4n) is 1.94. The molecule has 0 atom stereocenters. The minimum absolute atomic E-state index is 0.0929. The van der Waals surface area contributed by atoms with Crippen LogP contribution in [0.15, 0.2) is 30.3 Å². The summed E-state index contributed by atoms with van der Waals surface area (Å²) in [6.45, 7) is 0.522. The van der Waals surface area contributed by atoms with Crippen molar-refractivity contribution in [1.82, 2.24) is 4.90 Å². The number of carbonyl (C=O) groups is 2. The molecule has 0 aromatic heterocycles. The number of nitrogens with zero attached hydrogens (tertiary/aromatic N) is 1. The standard InChI is InChI=1S/C14H15NO3/c1-18-12-6-3-2-5-11(12)8-9-14(17)15-10-4-7-13(15)16/h2-3,5-6,8-9H,4,7,10H2,1H3/b9-8+. The number of methoxy groups -OCH3 is 1. The van der Waals surface area contributed by atoms with Crippen LogP contribution in [0.3, 0.4) is 0 Å². The Hall–Kier alpha value is -2.10. The van der Waals surface area contributed by atoms with E-state index in [1.807, 2.05) is 24.3 Å². The molecule has 1 saturated heterocycles. The lowest BCUT2D eigenvalue weighted by atomic mass is 10.2. The van der Waals surface area contributed by atoms with Gasteiger partial charge >= 0.3 is 0 Å². The van der Waals surface area contributed by atoms with Crippen molar-refractivity contribution in [1.29, 1.82) is 0 Å². The van der Waals surface area contributed by atoms with Crippen molar-refractivity contribution in [2.75, 3.05) is 13.7 Å². The van der Waals surface area contributed by atoms with E-state index in [1.54, 1.807) is 13.2 Å². The summed E-state index contributed by atoms with van der Waals surface area (Å²) in [5.74, 6) is 0.349. The first-order valence-electron chi connectivity index (χ1n) is 5.88. The molecule has 0 spiro atoms. The predicted molar refractivity (Wildman–Crippen MR) is 68.0 cm³/mol. The average molecular weight is 245 g/mol. The fraction of sp³-hybridized carbons (Fsp3) is 0.286. The molecule has 1 aliphatic rings. The van der Waals surface area contributed by atoms with Gasteiger partial charge in [0.15, 0.2) is 0 Å². The van der Waals surface area contributed by atoms with Gasteiger partial charge in [-0.2, -0.15) is 0 Å². The molecule has 18 heavy (non-hydrogen) atoms. The van der Waals surface area contributed by atoms with Crippen LogP contribution in [0, 0.1) is 0 Å². The van der Waals surface area contributed by atoms with Crippen LogP contribution in [-0.2, 0) is 9.59 Å². The van der Waals surface area contributed by atoms with Crippen LogP contribution in [0.4, 0.5) is 0 Å². The van der Waals surface area contributed by atoms with Gasteiger partial charge in [0.1, 0.15) is 5.75 Å². The third-order valence-corrected chi connectivity index (χ3v) is 2.88. The topological polar surface area (TPSA) is 46.6 Å². The first kappa shape index (κ1) is 12.4. The van der Waals surface area contributed by atoms with Crippen molar-refractivity contribution in [2.45, 2.75) is 12.8 Å². The van der Waals surface area contributed by atoms with E-state index in [0.29, 0.717) is 18.7 Å². The van der Waals surface area contributed by atoms with Crippen molar-refractivity contribution in [3.63, 3.8) is 0 Å². The first-order chi connectivity index (χ1) is 8.72. The number of imide groups is 1. The molecule has 2 amide bonds. The highest BCUT2D eigenvalue weighted by molar-refractivity contribution is 6.03. The predicted octanol–water partition coefficient (Wildman–Crippen LogP) is 1.86. The van der Waals surface area contributed by atoms with E-state index < -0.39 is 0 Å². The Labute approximate surface area is 106 Å². The molecule has 0 aliphatic carbocycles. The molecule has 1 aromatic carbocycles. The van der Waals surface area contributed by atoms with Gasteiger partial charge in [0.25, 0.3) is 5.91 Å². The second kappa shape index (κ2) is 5.49. The van der Waals surface area contributed by atoms with Gasteiger partial charge in [-0.3, -0.25) is 14.5 Å². The molecular weight excluding hydrogens is 230 g/mol. The molecule has 1 heterocycles. The minimum atomic E-state index is -0.261. The molecule has 94 valence electrons. The summed E-state index contributed by atoms with van der Waals surface area (Å²) in [4.78, 5) is 24.5. The largest absolute Gasteiger partial charge is 0.496 e. The van der Waals surface area contributed by atoms with Crippen molar-refractivity contribution < 1.29 is 14.3 Å². The number of likely N-dealkylation sites (tertiary alicyclic amines) is 1. The molecule has 0 unspecified atom stereocenters. The molecule has 2 rings (SSSR count). The van der Waals surface area contributed by atoms with Gasteiger partial charge in [0, 0.05) is 24.6 Å². The number of ether oxygens (including phenoxy) is 1. The lowest BCUT2D eigenvalue weighted by Crippen LogP contribution is -2.30. The van der Waals surface area contributed by atoms with E-state index in [-0.39, 0.29) is 11.8 Å². The summed E-state index contributed by atoms with van der Waals surface area (Å²) in [6, 6.07) is 7.41. The fourth-order valence-corrected chi connectivity index (χ4v) is 1.94. The minimum Gasteiger partial charge on any atom is -0.496 e. The van der Waals surface area contributed by atoms with Crippen LogP contribution in [0.1, 0.15) is 18.4 Å². The van der Waals surface area contributed by atoms with E-state index in [0.717, 1.165) is 12.0 Å². The van der Waals surface area contributed by atoms with Crippen LogP contribution in [-0.4, -0.2) is 30.4 Å². The van der Waals surface area contributed by atoms with Crippen molar-refractivity contribution >= 4 is 17.9 Å². The average Bonchev–Trinajstić information content (AvgIpc) is 2.82. The van der Waals surface area contributed by atoms with E-state index in [9.17, 15) is 9.59 Å². The van der Waals surface area contributed by atoms with Gasteiger partial charge in [-0.15, -0.1) is 0 Å². The lowest BCUT2D eigenvalue weighted by Gasteiger charge is -2.10. The van der Waals surface area contributed by atoms with Gasteiger partial charge in [0.05, 0.1) is 7.11 Å². The maximum atomic E-state index is 11.8. The summed E-state index contributed by atoms with van der Waals surface area (Å²) < 4.78 is 5.18. The summed E-state index contributed by atoms with van der Waals surface area (Å²) >= 11 is 0. The van der Waals surface area contributed by atoms with Crippen LogP contribution in [0.25, 0.3) is 6.08 Å². The summed E-state index contributed by atoms with van der Waals surface area (Å²) in [5.41, 5.74) is 0.819. The van der Waals surface area contributed by atoms with Crippen LogP contribution < -0.4 is 4.74 Å². The Morgan fingerprint density at radius 2 is 2.17 bits per heavy atom. The van der Waals surface area contributed by atoms with Gasteiger partial charge in [-0.1, -0.05) is 18.2 Å². The zero-order valence-corrected chi connectivity index (χ0v) is 10.3. The van der Waals surface area contributed by atoms with Crippen LogP contribution in [0.2, 0.25) is 0 Å². The van der Waals surface area contributed by atoms with Crippen molar-refractivity contribution in [3.8, 4) is 5.75 Å². The van der Waals surface area contributed by atoms with Crippen molar-refractivity contribution in [3.05, 3.63) is 35.9 Å².